The number of hydrogen-bond acceptors (Lipinski definition) is 1. The predicted molar refractivity (Wildman–Crippen MR) is 88.6 cm³/mol. The first-order chi connectivity index (χ1) is 9.38. The summed E-state index contributed by atoms with van der Waals surface area (Å²) in [6, 6.07) is 6.84. The first-order valence-corrected chi connectivity index (χ1v) is 8.38. The highest BCUT2D eigenvalue weighted by Crippen LogP contribution is 2.34. The molecule has 0 saturated heterocycles. The number of halogens is 1. The molecular formula is C17H24BrNO. The highest BCUT2D eigenvalue weighted by atomic mass is 79.9. The third-order valence-electron chi connectivity index (χ3n) is 3.73. The summed E-state index contributed by atoms with van der Waals surface area (Å²) >= 11 is 3.60. The normalized spacial score (nSPS) is 19.3. The van der Waals surface area contributed by atoms with Crippen molar-refractivity contribution in [2.45, 2.75) is 57.8 Å². The van der Waals surface area contributed by atoms with Crippen LogP contribution in [0.3, 0.4) is 0 Å². The number of carbonyl (C=O) groups excluding carboxylic acids is 1. The van der Waals surface area contributed by atoms with Gasteiger partial charge in [-0.25, -0.2) is 0 Å². The molecular weight excluding hydrogens is 314 g/mol. The minimum Gasteiger partial charge on any atom is -0.309 e. The first-order valence-electron chi connectivity index (χ1n) is 7.46. The van der Waals surface area contributed by atoms with Gasteiger partial charge in [0.15, 0.2) is 0 Å². The fraction of sp³-hybridized carbons (Fsp3) is 0.588. The fourth-order valence-corrected chi connectivity index (χ4v) is 3.34. The smallest absolute Gasteiger partial charge is 0.227 e. The monoisotopic (exact) mass is 337 g/mol. The van der Waals surface area contributed by atoms with Gasteiger partial charge in [-0.3, -0.25) is 4.79 Å². The molecule has 0 radical (unpaired) electrons. The summed E-state index contributed by atoms with van der Waals surface area (Å²) in [5.41, 5.74) is 3.79. The number of fused-ring (bicyclic) bond motifs is 1. The molecule has 0 N–H and O–H groups in total. The van der Waals surface area contributed by atoms with Crippen molar-refractivity contribution in [3.8, 4) is 0 Å². The quantitative estimate of drug-likeness (QED) is 0.748. The van der Waals surface area contributed by atoms with E-state index in [9.17, 15) is 4.79 Å². The Hall–Kier alpha value is -0.830. The Morgan fingerprint density at radius 1 is 1.40 bits per heavy atom. The van der Waals surface area contributed by atoms with E-state index in [2.05, 4.69) is 61.8 Å². The van der Waals surface area contributed by atoms with Gasteiger partial charge in [0, 0.05) is 23.0 Å². The number of nitrogens with zero attached hydrogens (tertiary/aromatic N) is 1. The lowest BCUT2D eigenvalue weighted by Gasteiger charge is -2.23. The SMILES string of the molecule is CC(C)CC(=O)N1c2ccc(CC(C)Br)cc2CC1C. The fourth-order valence-electron chi connectivity index (χ4n) is 2.96. The van der Waals surface area contributed by atoms with Crippen molar-refractivity contribution < 1.29 is 4.79 Å². The lowest BCUT2D eigenvalue weighted by atomic mass is 10.0. The second kappa shape index (κ2) is 6.30. The molecule has 2 nitrogen and oxygen atoms in total. The van der Waals surface area contributed by atoms with Gasteiger partial charge in [-0.1, -0.05) is 48.8 Å². The number of hydrogen-bond donors (Lipinski definition) is 0. The van der Waals surface area contributed by atoms with E-state index < -0.39 is 0 Å². The number of anilines is 1. The standard InChI is InChI=1S/C17H24BrNO/c1-11(2)7-17(20)19-13(4)9-15-10-14(8-12(3)18)5-6-16(15)19/h5-6,10-13H,7-9H2,1-4H3. The lowest BCUT2D eigenvalue weighted by Crippen LogP contribution is -2.36. The van der Waals surface area contributed by atoms with Crippen molar-refractivity contribution in [3.05, 3.63) is 29.3 Å². The first kappa shape index (κ1) is 15.6. The van der Waals surface area contributed by atoms with E-state index in [1.165, 1.54) is 11.1 Å². The predicted octanol–water partition coefficient (Wildman–Crippen LogP) is 4.34. The maximum atomic E-state index is 12.4. The van der Waals surface area contributed by atoms with Crippen molar-refractivity contribution in [2.75, 3.05) is 4.90 Å². The molecule has 1 aliphatic heterocycles. The Balaban J connectivity index is 2.23. The average Bonchev–Trinajstić information content (AvgIpc) is 2.62. The van der Waals surface area contributed by atoms with Crippen molar-refractivity contribution >= 4 is 27.5 Å². The molecule has 1 aromatic carbocycles. The maximum Gasteiger partial charge on any atom is 0.227 e. The van der Waals surface area contributed by atoms with Crippen LogP contribution in [-0.4, -0.2) is 16.8 Å². The number of benzene rings is 1. The van der Waals surface area contributed by atoms with Gasteiger partial charge in [0.25, 0.3) is 0 Å². The molecule has 0 aliphatic carbocycles. The molecule has 20 heavy (non-hydrogen) atoms. The maximum absolute atomic E-state index is 12.4. The van der Waals surface area contributed by atoms with Gasteiger partial charge in [0.1, 0.15) is 0 Å². The van der Waals surface area contributed by atoms with Crippen LogP contribution in [0.15, 0.2) is 18.2 Å². The van der Waals surface area contributed by atoms with Gasteiger partial charge < -0.3 is 4.90 Å². The molecule has 110 valence electrons. The molecule has 0 aromatic heterocycles. The molecule has 2 unspecified atom stereocenters. The van der Waals surface area contributed by atoms with Crippen molar-refractivity contribution in [2.24, 2.45) is 5.92 Å². The molecule has 2 rings (SSSR count). The highest BCUT2D eigenvalue weighted by Gasteiger charge is 2.30. The van der Waals surface area contributed by atoms with E-state index in [1.807, 2.05) is 4.90 Å². The van der Waals surface area contributed by atoms with E-state index in [-0.39, 0.29) is 11.9 Å². The van der Waals surface area contributed by atoms with E-state index in [0.29, 0.717) is 17.2 Å². The molecule has 0 fully saturated rings. The number of rotatable bonds is 4. The number of amides is 1. The van der Waals surface area contributed by atoms with Crippen LogP contribution < -0.4 is 4.90 Å². The summed E-state index contributed by atoms with van der Waals surface area (Å²) in [5.74, 6) is 0.667. The number of alkyl halides is 1. The van der Waals surface area contributed by atoms with Crippen LogP contribution in [0.2, 0.25) is 0 Å². The van der Waals surface area contributed by atoms with Gasteiger partial charge in [-0.15, -0.1) is 0 Å². The lowest BCUT2D eigenvalue weighted by molar-refractivity contribution is -0.119. The average molecular weight is 338 g/mol. The van der Waals surface area contributed by atoms with E-state index >= 15 is 0 Å². The van der Waals surface area contributed by atoms with E-state index in [0.717, 1.165) is 18.5 Å². The highest BCUT2D eigenvalue weighted by molar-refractivity contribution is 9.09. The van der Waals surface area contributed by atoms with Crippen molar-refractivity contribution in [1.82, 2.24) is 0 Å². The molecule has 2 atom stereocenters. The molecule has 0 spiro atoms. The zero-order valence-corrected chi connectivity index (χ0v) is 14.4. The van der Waals surface area contributed by atoms with Crippen LogP contribution in [-0.2, 0) is 17.6 Å². The largest absolute Gasteiger partial charge is 0.309 e. The van der Waals surface area contributed by atoms with Crippen LogP contribution in [0, 0.1) is 5.92 Å². The zero-order valence-electron chi connectivity index (χ0n) is 12.8. The molecule has 0 bridgehead atoms. The minimum absolute atomic E-state index is 0.257. The van der Waals surface area contributed by atoms with Crippen LogP contribution in [0.4, 0.5) is 5.69 Å². The minimum atomic E-state index is 0.257. The second-order valence-corrected chi connectivity index (χ2v) is 7.93. The second-order valence-electron chi connectivity index (χ2n) is 6.36. The van der Waals surface area contributed by atoms with Gasteiger partial charge in [-0.2, -0.15) is 0 Å². The van der Waals surface area contributed by atoms with Gasteiger partial charge in [-0.05, 0) is 42.9 Å². The van der Waals surface area contributed by atoms with Crippen molar-refractivity contribution in [1.29, 1.82) is 0 Å². The summed E-state index contributed by atoms with van der Waals surface area (Å²) < 4.78 is 0. The Bertz CT molecular complexity index is 496. The Kier molecular flexibility index (Phi) is 4.90. The van der Waals surface area contributed by atoms with E-state index in [4.69, 9.17) is 0 Å². The van der Waals surface area contributed by atoms with Crippen LogP contribution in [0.1, 0.15) is 45.2 Å². The molecule has 1 heterocycles. The summed E-state index contributed by atoms with van der Waals surface area (Å²) in [5, 5.41) is 0. The third kappa shape index (κ3) is 3.43. The van der Waals surface area contributed by atoms with Crippen LogP contribution >= 0.6 is 15.9 Å². The zero-order chi connectivity index (χ0) is 14.9. The van der Waals surface area contributed by atoms with Gasteiger partial charge in [0.2, 0.25) is 5.91 Å². The summed E-state index contributed by atoms with van der Waals surface area (Å²) in [7, 11) is 0. The van der Waals surface area contributed by atoms with Gasteiger partial charge in [0.05, 0.1) is 0 Å². The Morgan fingerprint density at radius 2 is 2.10 bits per heavy atom. The molecule has 1 aromatic rings. The summed E-state index contributed by atoms with van der Waals surface area (Å²) in [6.45, 7) is 8.50. The summed E-state index contributed by atoms with van der Waals surface area (Å²) in [4.78, 5) is 14.9. The number of carbonyl (C=O) groups is 1. The van der Waals surface area contributed by atoms with Crippen LogP contribution in [0.5, 0.6) is 0 Å². The van der Waals surface area contributed by atoms with Gasteiger partial charge >= 0.3 is 0 Å². The summed E-state index contributed by atoms with van der Waals surface area (Å²) in [6.07, 6.45) is 2.63. The third-order valence-corrected chi connectivity index (χ3v) is 4.05. The molecule has 3 heteroatoms. The topological polar surface area (TPSA) is 20.3 Å². The Labute approximate surface area is 130 Å². The van der Waals surface area contributed by atoms with Crippen LogP contribution in [0.25, 0.3) is 0 Å². The Morgan fingerprint density at radius 3 is 2.70 bits per heavy atom. The van der Waals surface area contributed by atoms with E-state index in [1.54, 1.807) is 0 Å². The van der Waals surface area contributed by atoms with Crippen molar-refractivity contribution in [3.63, 3.8) is 0 Å². The molecule has 1 aliphatic rings. The molecule has 0 saturated carbocycles. The molecule has 1 amide bonds.